The maximum Gasteiger partial charge on any atom is 0.322 e. The lowest BCUT2D eigenvalue weighted by molar-refractivity contribution is 0.0996. The Labute approximate surface area is 184 Å². The lowest BCUT2D eigenvalue weighted by atomic mass is 10.2. The SMILES string of the molecule is Cc1ccc(Cl)c(NC(=O)N2CCN(c3ccc(NC(=O)c4ccco4)cn3)CC2)c1. The summed E-state index contributed by atoms with van der Waals surface area (Å²) in [6.45, 7) is 4.38. The van der Waals surface area contributed by atoms with Crippen molar-refractivity contribution in [2.75, 3.05) is 41.7 Å². The fraction of sp³-hybridized carbons (Fsp3) is 0.227. The molecule has 0 atom stereocenters. The minimum Gasteiger partial charge on any atom is -0.459 e. The van der Waals surface area contributed by atoms with Crippen molar-refractivity contribution in [3.05, 3.63) is 71.3 Å². The van der Waals surface area contributed by atoms with Crippen LogP contribution in [0.15, 0.2) is 59.3 Å². The smallest absolute Gasteiger partial charge is 0.322 e. The molecule has 9 heteroatoms. The molecule has 0 unspecified atom stereocenters. The quantitative estimate of drug-likeness (QED) is 0.634. The Morgan fingerprint density at radius 1 is 1.06 bits per heavy atom. The minimum atomic E-state index is -0.326. The van der Waals surface area contributed by atoms with Crippen LogP contribution in [0.25, 0.3) is 0 Å². The normalized spacial score (nSPS) is 13.7. The van der Waals surface area contributed by atoms with Crippen molar-refractivity contribution in [2.24, 2.45) is 0 Å². The van der Waals surface area contributed by atoms with Gasteiger partial charge in [-0.25, -0.2) is 9.78 Å². The van der Waals surface area contributed by atoms with E-state index >= 15 is 0 Å². The maximum absolute atomic E-state index is 12.6. The zero-order valence-electron chi connectivity index (χ0n) is 17.0. The third-order valence-corrected chi connectivity index (χ3v) is 5.33. The molecule has 160 valence electrons. The Morgan fingerprint density at radius 2 is 1.87 bits per heavy atom. The molecule has 0 bridgehead atoms. The summed E-state index contributed by atoms with van der Waals surface area (Å²) in [4.78, 5) is 32.9. The second-order valence-electron chi connectivity index (χ2n) is 7.22. The van der Waals surface area contributed by atoms with Crippen molar-refractivity contribution in [2.45, 2.75) is 6.92 Å². The van der Waals surface area contributed by atoms with Crippen molar-refractivity contribution < 1.29 is 14.0 Å². The summed E-state index contributed by atoms with van der Waals surface area (Å²) < 4.78 is 5.08. The molecule has 0 radical (unpaired) electrons. The molecule has 1 saturated heterocycles. The van der Waals surface area contributed by atoms with Crippen molar-refractivity contribution >= 4 is 40.7 Å². The zero-order valence-corrected chi connectivity index (χ0v) is 17.7. The Morgan fingerprint density at radius 3 is 2.55 bits per heavy atom. The molecule has 0 aliphatic carbocycles. The molecular weight excluding hydrogens is 418 g/mol. The van der Waals surface area contributed by atoms with E-state index in [-0.39, 0.29) is 17.7 Å². The Hall–Kier alpha value is -3.52. The minimum absolute atomic E-state index is 0.170. The molecule has 3 aromatic rings. The highest BCUT2D eigenvalue weighted by atomic mass is 35.5. The van der Waals surface area contributed by atoms with Crippen LogP contribution in [-0.2, 0) is 0 Å². The van der Waals surface area contributed by atoms with E-state index in [0.29, 0.717) is 42.6 Å². The van der Waals surface area contributed by atoms with Crippen LogP contribution in [-0.4, -0.2) is 48.0 Å². The number of hydrogen-bond acceptors (Lipinski definition) is 5. The van der Waals surface area contributed by atoms with Gasteiger partial charge < -0.3 is 24.9 Å². The van der Waals surface area contributed by atoms with Crippen LogP contribution in [0.3, 0.4) is 0 Å². The van der Waals surface area contributed by atoms with Gasteiger partial charge in [-0.05, 0) is 48.9 Å². The Bertz CT molecular complexity index is 1060. The largest absolute Gasteiger partial charge is 0.459 e. The average molecular weight is 440 g/mol. The molecule has 31 heavy (non-hydrogen) atoms. The lowest BCUT2D eigenvalue weighted by Gasteiger charge is -2.35. The van der Waals surface area contributed by atoms with Crippen molar-refractivity contribution in [3.8, 4) is 0 Å². The molecule has 2 N–H and O–H groups in total. The topological polar surface area (TPSA) is 90.7 Å². The number of amides is 3. The number of carbonyl (C=O) groups excluding carboxylic acids is 2. The summed E-state index contributed by atoms with van der Waals surface area (Å²) >= 11 is 6.17. The van der Waals surface area contributed by atoms with Crippen LogP contribution in [0.2, 0.25) is 5.02 Å². The Balaban J connectivity index is 1.30. The molecule has 1 aliphatic rings. The van der Waals surface area contributed by atoms with Gasteiger partial charge in [0.15, 0.2) is 5.76 Å². The number of nitrogens with one attached hydrogen (secondary N) is 2. The number of benzene rings is 1. The molecule has 2 aromatic heterocycles. The predicted octanol–water partition coefficient (Wildman–Crippen LogP) is 4.24. The molecule has 1 fully saturated rings. The summed E-state index contributed by atoms with van der Waals surface area (Å²) in [6, 6.07) is 12.3. The lowest BCUT2D eigenvalue weighted by Crippen LogP contribution is -2.50. The van der Waals surface area contributed by atoms with Gasteiger partial charge in [0.1, 0.15) is 5.82 Å². The number of urea groups is 1. The molecule has 0 saturated carbocycles. The fourth-order valence-electron chi connectivity index (χ4n) is 3.32. The summed E-state index contributed by atoms with van der Waals surface area (Å²) in [7, 11) is 0. The molecular formula is C22H22ClN5O3. The van der Waals surface area contributed by atoms with Crippen LogP contribution in [0, 0.1) is 6.92 Å². The van der Waals surface area contributed by atoms with Gasteiger partial charge in [-0.3, -0.25) is 4.79 Å². The van der Waals surface area contributed by atoms with Crippen LogP contribution in [0.1, 0.15) is 16.1 Å². The van der Waals surface area contributed by atoms with Gasteiger partial charge in [0.2, 0.25) is 0 Å². The van der Waals surface area contributed by atoms with Gasteiger partial charge in [-0.2, -0.15) is 0 Å². The van der Waals surface area contributed by atoms with Crippen molar-refractivity contribution in [3.63, 3.8) is 0 Å². The summed E-state index contributed by atoms with van der Waals surface area (Å²) in [5, 5.41) is 6.14. The van der Waals surface area contributed by atoms with Crippen LogP contribution < -0.4 is 15.5 Å². The van der Waals surface area contributed by atoms with Crippen LogP contribution in [0.4, 0.5) is 22.0 Å². The second-order valence-corrected chi connectivity index (χ2v) is 7.63. The molecule has 8 nitrogen and oxygen atoms in total. The average Bonchev–Trinajstić information content (AvgIpc) is 3.32. The van der Waals surface area contributed by atoms with E-state index in [1.54, 1.807) is 35.4 Å². The first kappa shape index (κ1) is 20.7. The molecule has 3 amide bonds. The maximum atomic E-state index is 12.6. The third kappa shape index (κ3) is 4.97. The second kappa shape index (κ2) is 9.09. The number of carbonyl (C=O) groups is 2. The molecule has 0 spiro atoms. The van der Waals surface area contributed by atoms with E-state index in [2.05, 4.69) is 20.5 Å². The number of aryl methyl sites for hydroxylation is 1. The monoisotopic (exact) mass is 439 g/mol. The van der Waals surface area contributed by atoms with Gasteiger partial charge in [0, 0.05) is 26.2 Å². The first-order valence-electron chi connectivity index (χ1n) is 9.87. The molecule has 3 heterocycles. The number of piperazine rings is 1. The number of hydrogen-bond donors (Lipinski definition) is 2. The predicted molar refractivity (Wildman–Crippen MR) is 120 cm³/mol. The highest BCUT2D eigenvalue weighted by molar-refractivity contribution is 6.33. The number of halogens is 1. The van der Waals surface area contributed by atoms with Gasteiger partial charge in [0.05, 0.1) is 28.9 Å². The summed E-state index contributed by atoms with van der Waals surface area (Å²) in [5.41, 5.74) is 2.22. The summed E-state index contributed by atoms with van der Waals surface area (Å²) in [5.74, 6) is 0.705. The van der Waals surface area contributed by atoms with Crippen LogP contribution >= 0.6 is 11.6 Å². The third-order valence-electron chi connectivity index (χ3n) is 5.01. The molecule has 1 aromatic carbocycles. The molecule has 1 aliphatic heterocycles. The van der Waals surface area contributed by atoms with Gasteiger partial charge >= 0.3 is 6.03 Å². The van der Waals surface area contributed by atoms with Crippen molar-refractivity contribution in [1.82, 2.24) is 9.88 Å². The molecule has 4 rings (SSSR count). The highest BCUT2D eigenvalue weighted by Gasteiger charge is 2.22. The van der Waals surface area contributed by atoms with E-state index in [0.717, 1.165) is 11.4 Å². The number of aromatic nitrogens is 1. The Kier molecular flexibility index (Phi) is 6.08. The summed E-state index contributed by atoms with van der Waals surface area (Å²) in [6.07, 6.45) is 3.06. The number of pyridine rings is 1. The number of furan rings is 1. The number of nitrogens with zero attached hydrogens (tertiary/aromatic N) is 3. The highest BCUT2D eigenvalue weighted by Crippen LogP contribution is 2.23. The van der Waals surface area contributed by atoms with E-state index < -0.39 is 0 Å². The van der Waals surface area contributed by atoms with Gasteiger partial charge in [0.25, 0.3) is 5.91 Å². The van der Waals surface area contributed by atoms with Crippen LogP contribution in [0.5, 0.6) is 0 Å². The fourth-order valence-corrected chi connectivity index (χ4v) is 3.48. The van der Waals surface area contributed by atoms with E-state index in [4.69, 9.17) is 16.0 Å². The standard InChI is InChI=1S/C22H22ClN5O3/c1-15-4-6-17(23)18(13-15)26-22(30)28-10-8-27(9-11-28)20-7-5-16(14-24-20)25-21(29)19-3-2-12-31-19/h2-7,12-14H,8-11H2,1H3,(H,25,29)(H,26,30). The number of rotatable bonds is 4. The number of anilines is 3. The first-order chi connectivity index (χ1) is 15.0. The van der Waals surface area contributed by atoms with Gasteiger partial charge in [-0.1, -0.05) is 17.7 Å². The first-order valence-corrected chi connectivity index (χ1v) is 10.3. The van der Waals surface area contributed by atoms with Crippen molar-refractivity contribution in [1.29, 1.82) is 0 Å². The zero-order chi connectivity index (χ0) is 21.8. The van der Waals surface area contributed by atoms with Gasteiger partial charge in [-0.15, -0.1) is 0 Å². The van der Waals surface area contributed by atoms with E-state index in [1.165, 1.54) is 6.26 Å². The van der Waals surface area contributed by atoms with E-state index in [9.17, 15) is 9.59 Å². The van der Waals surface area contributed by atoms with E-state index in [1.807, 2.05) is 25.1 Å².